The first-order valence-electron chi connectivity index (χ1n) is 3.79. The van der Waals surface area contributed by atoms with Crippen molar-refractivity contribution in [3.63, 3.8) is 0 Å². The van der Waals surface area contributed by atoms with Crippen molar-refractivity contribution in [3.05, 3.63) is 12.2 Å². The van der Waals surface area contributed by atoms with Crippen molar-refractivity contribution in [1.29, 1.82) is 0 Å². The minimum Gasteiger partial charge on any atom is -0.434 e. The maximum Gasteiger partial charge on any atom is 0.335 e. The molecule has 0 aromatic carbocycles. The van der Waals surface area contributed by atoms with Crippen LogP contribution in [0, 0.1) is 0 Å². The SMILES string of the molecule is C=C(C)C(=O)OC(C)(CN(F)F)N(F)F. The summed E-state index contributed by atoms with van der Waals surface area (Å²) < 4.78 is 52.3. The summed E-state index contributed by atoms with van der Waals surface area (Å²) in [7, 11) is 0. The fourth-order valence-corrected chi connectivity index (χ4v) is 0.629. The molecule has 8 heteroatoms. The lowest BCUT2D eigenvalue weighted by atomic mass is 10.2. The third kappa shape index (κ3) is 4.26. The van der Waals surface area contributed by atoms with E-state index in [1.807, 2.05) is 0 Å². The smallest absolute Gasteiger partial charge is 0.335 e. The molecule has 1 atom stereocenters. The summed E-state index contributed by atoms with van der Waals surface area (Å²) in [5, 5.41) is -3.10. The maximum atomic E-state index is 12.2. The molecule has 0 heterocycles. The van der Waals surface area contributed by atoms with Crippen LogP contribution in [0.3, 0.4) is 0 Å². The highest BCUT2D eigenvalue weighted by Gasteiger charge is 2.41. The molecule has 0 fully saturated rings. The molecule has 88 valence electrons. The summed E-state index contributed by atoms with van der Waals surface area (Å²) in [5.41, 5.74) is -2.87. The number of rotatable bonds is 5. The first kappa shape index (κ1) is 13.8. The molecule has 0 aromatic heterocycles. The monoisotopic (exact) mass is 230 g/mol. The van der Waals surface area contributed by atoms with E-state index in [0.717, 1.165) is 0 Å². The first-order valence-corrected chi connectivity index (χ1v) is 3.79. The van der Waals surface area contributed by atoms with Crippen LogP contribution in [-0.4, -0.2) is 28.9 Å². The summed E-state index contributed by atoms with van der Waals surface area (Å²) >= 11 is 0. The van der Waals surface area contributed by atoms with Crippen molar-refractivity contribution < 1.29 is 27.5 Å². The van der Waals surface area contributed by atoms with Crippen molar-refractivity contribution in [3.8, 4) is 0 Å². The third-order valence-corrected chi connectivity index (χ3v) is 1.43. The molecule has 0 aromatic rings. The second kappa shape index (κ2) is 5.08. The summed E-state index contributed by atoms with van der Waals surface area (Å²) in [6.07, 6.45) is 0. The van der Waals surface area contributed by atoms with E-state index >= 15 is 0 Å². The van der Waals surface area contributed by atoms with E-state index in [1.165, 1.54) is 6.92 Å². The Balaban J connectivity index is 4.66. The second-order valence-electron chi connectivity index (χ2n) is 3.04. The number of nitrogens with zero attached hydrogens (tertiary/aromatic N) is 2. The van der Waals surface area contributed by atoms with Crippen LogP contribution in [0.2, 0.25) is 0 Å². The van der Waals surface area contributed by atoms with Gasteiger partial charge in [-0.2, -0.15) is 0 Å². The molecule has 0 aliphatic heterocycles. The van der Waals surface area contributed by atoms with Gasteiger partial charge < -0.3 is 4.74 Å². The lowest BCUT2D eigenvalue weighted by Gasteiger charge is -2.28. The van der Waals surface area contributed by atoms with Gasteiger partial charge in [-0.15, -0.1) is 8.96 Å². The Morgan fingerprint density at radius 3 is 2.13 bits per heavy atom. The fraction of sp³-hybridized carbons (Fsp3) is 0.571. The Kier molecular flexibility index (Phi) is 4.69. The molecular weight excluding hydrogens is 220 g/mol. The van der Waals surface area contributed by atoms with Gasteiger partial charge in [0.05, 0.1) is 5.34 Å². The average molecular weight is 230 g/mol. The summed E-state index contributed by atoms with van der Waals surface area (Å²) in [6.45, 7) is 3.56. The van der Waals surface area contributed by atoms with Crippen LogP contribution in [0.15, 0.2) is 12.2 Å². The molecule has 15 heavy (non-hydrogen) atoms. The van der Waals surface area contributed by atoms with Gasteiger partial charge in [0.25, 0.3) is 0 Å². The van der Waals surface area contributed by atoms with Crippen LogP contribution in [-0.2, 0) is 9.53 Å². The zero-order valence-corrected chi connectivity index (χ0v) is 8.14. The lowest BCUT2D eigenvalue weighted by molar-refractivity contribution is -0.331. The molecule has 0 bridgehead atoms. The largest absolute Gasteiger partial charge is 0.434 e. The zero-order chi connectivity index (χ0) is 12.2. The second-order valence-corrected chi connectivity index (χ2v) is 3.04. The molecule has 4 nitrogen and oxygen atoms in total. The van der Waals surface area contributed by atoms with Crippen molar-refractivity contribution in [1.82, 2.24) is 10.7 Å². The molecule has 0 radical (unpaired) electrons. The van der Waals surface area contributed by atoms with Crippen molar-refractivity contribution in [2.75, 3.05) is 6.54 Å². The average Bonchev–Trinajstić information content (AvgIpc) is 2.01. The molecule has 0 amide bonds. The van der Waals surface area contributed by atoms with Gasteiger partial charge in [0.15, 0.2) is 0 Å². The molecule has 0 N–H and O–H groups in total. The molecule has 0 saturated carbocycles. The van der Waals surface area contributed by atoms with Crippen LogP contribution >= 0.6 is 0 Å². The maximum absolute atomic E-state index is 12.2. The van der Waals surface area contributed by atoms with Gasteiger partial charge in [-0.05, 0) is 13.8 Å². The lowest BCUT2D eigenvalue weighted by Crippen LogP contribution is -2.47. The van der Waals surface area contributed by atoms with Crippen LogP contribution < -0.4 is 0 Å². The topological polar surface area (TPSA) is 32.8 Å². The minimum absolute atomic E-state index is 0.160. The highest BCUT2D eigenvalue weighted by atomic mass is 19.4. The number of hydrogen-bond acceptors (Lipinski definition) is 4. The molecule has 0 saturated heterocycles. The number of hydrogen-bond donors (Lipinski definition) is 0. The van der Waals surface area contributed by atoms with Crippen LogP contribution in [0.1, 0.15) is 13.8 Å². The molecule has 0 aliphatic rings. The van der Waals surface area contributed by atoms with E-state index in [-0.39, 0.29) is 5.57 Å². The third-order valence-electron chi connectivity index (χ3n) is 1.43. The number of esters is 1. The van der Waals surface area contributed by atoms with E-state index in [0.29, 0.717) is 6.92 Å². The van der Waals surface area contributed by atoms with Gasteiger partial charge in [0.1, 0.15) is 6.54 Å². The summed E-state index contributed by atoms with van der Waals surface area (Å²) in [5.74, 6) is -1.17. The van der Waals surface area contributed by atoms with Crippen LogP contribution in [0.4, 0.5) is 17.9 Å². The van der Waals surface area contributed by atoms with Crippen molar-refractivity contribution in [2.24, 2.45) is 0 Å². The van der Waals surface area contributed by atoms with Crippen molar-refractivity contribution >= 4 is 5.97 Å². The standard InChI is InChI=1S/C7H10F4N2O2/c1-5(2)6(14)15-7(3,13(10)11)4-12(8)9/h1,4H2,2-3H3. The Labute approximate surface area is 83.4 Å². The van der Waals surface area contributed by atoms with Gasteiger partial charge in [0, 0.05) is 10.9 Å². The van der Waals surface area contributed by atoms with E-state index in [1.54, 1.807) is 0 Å². The molecule has 0 rings (SSSR count). The minimum atomic E-state index is -2.71. The molecular formula is C7H10F4N2O2. The Bertz CT molecular complexity index is 259. The Hall–Kier alpha value is -1.15. The van der Waals surface area contributed by atoms with E-state index in [2.05, 4.69) is 11.3 Å². The molecule has 0 aliphatic carbocycles. The van der Waals surface area contributed by atoms with Crippen LogP contribution in [0.5, 0.6) is 0 Å². The predicted octanol–water partition coefficient (Wildman–Crippen LogP) is 1.96. The van der Waals surface area contributed by atoms with Gasteiger partial charge in [-0.1, -0.05) is 15.5 Å². The number of halogens is 4. The Morgan fingerprint density at radius 1 is 1.40 bits per heavy atom. The number of carbonyl (C=O) groups is 1. The fourth-order valence-electron chi connectivity index (χ4n) is 0.629. The highest BCUT2D eigenvalue weighted by Crippen LogP contribution is 2.21. The quantitative estimate of drug-likeness (QED) is 0.237. The predicted molar refractivity (Wildman–Crippen MR) is 42.3 cm³/mol. The summed E-state index contributed by atoms with van der Waals surface area (Å²) in [4.78, 5) is 10.9. The van der Waals surface area contributed by atoms with E-state index in [4.69, 9.17) is 0 Å². The molecule has 0 spiro atoms. The normalized spacial score (nSPS) is 15.2. The summed E-state index contributed by atoms with van der Waals surface area (Å²) in [6, 6.07) is 0. The first-order chi connectivity index (χ1) is 6.69. The van der Waals surface area contributed by atoms with Crippen molar-refractivity contribution in [2.45, 2.75) is 19.6 Å². The van der Waals surface area contributed by atoms with Gasteiger partial charge >= 0.3 is 5.97 Å². The van der Waals surface area contributed by atoms with E-state index < -0.39 is 28.9 Å². The van der Waals surface area contributed by atoms with Gasteiger partial charge in [-0.3, -0.25) is 0 Å². The number of carbonyl (C=O) groups excluding carboxylic acids is 1. The van der Waals surface area contributed by atoms with Crippen LogP contribution in [0.25, 0.3) is 0 Å². The van der Waals surface area contributed by atoms with Gasteiger partial charge in [0.2, 0.25) is 5.72 Å². The van der Waals surface area contributed by atoms with E-state index in [9.17, 15) is 22.7 Å². The van der Waals surface area contributed by atoms with Gasteiger partial charge in [-0.25, -0.2) is 4.79 Å². The zero-order valence-electron chi connectivity index (χ0n) is 8.14. The highest BCUT2D eigenvalue weighted by molar-refractivity contribution is 5.87. The number of ether oxygens (including phenoxy) is 1. The Morgan fingerprint density at radius 2 is 1.87 bits per heavy atom. The molecule has 1 unspecified atom stereocenters.